The van der Waals surface area contributed by atoms with Gasteiger partial charge in [-0.15, -0.1) is 0 Å². The molecule has 0 heterocycles. The summed E-state index contributed by atoms with van der Waals surface area (Å²) in [5.74, 6) is -0.0914. The Labute approximate surface area is 101 Å². The zero-order valence-electron chi connectivity index (χ0n) is 10.0. The Morgan fingerprint density at radius 2 is 2.12 bits per heavy atom. The Bertz CT molecular complexity index is 547. The molecule has 2 aliphatic carbocycles. The molecule has 0 N–H and O–H groups in total. The average Bonchev–Trinajstić information content (AvgIpc) is 2.98. The van der Waals surface area contributed by atoms with E-state index in [0.717, 1.165) is 12.0 Å². The zero-order chi connectivity index (χ0) is 12.5. The van der Waals surface area contributed by atoms with Crippen LogP contribution in [0.1, 0.15) is 26.7 Å². The molecule has 0 saturated heterocycles. The smallest absolute Gasteiger partial charge is 0.165 e. The van der Waals surface area contributed by atoms with Crippen molar-refractivity contribution in [3.8, 4) is 0 Å². The summed E-state index contributed by atoms with van der Waals surface area (Å²) in [6.45, 7) is 3.01. The molecule has 0 bridgehead atoms. The lowest BCUT2D eigenvalue weighted by molar-refractivity contribution is -0.122. The molecule has 2 rings (SSSR count). The van der Waals surface area contributed by atoms with Crippen molar-refractivity contribution in [2.45, 2.75) is 26.7 Å². The topological polar surface area (TPSA) is 34.1 Å². The summed E-state index contributed by atoms with van der Waals surface area (Å²) >= 11 is 0. The molecule has 0 aliphatic heterocycles. The predicted molar refractivity (Wildman–Crippen MR) is 65.4 cm³/mol. The van der Waals surface area contributed by atoms with Crippen molar-refractivity contribution < 1.29 is 9.59 Å². The Balaban J connectivity index is 2.65. The van der Waals surface area contributed by atoms with Crippen LogP contribution in [-0.4, -0.2) is 11.6 Å². The molecule has 0 amide bonds. The highest BCUT2D eigenvalue weighted by Crippen LogP contribution is 2.58. The van der Waals surface area contributed by atoms with E-state index in [1.54, 1.807) is 6.08 Å². The molecule has 86 valence electrons. The predicted octanol–water partition coefficient (Wildman–Crippen LogP) is 2.68. The molecule has 0 aromatic rings. The third-order valence-electron chi connectivity index (χ3n) is 3.25. The van der Waals surface area contributed by atoms with Crippen molar-refractivity contribution in [2.75, 3.05) is 0 Å². The maximum absolute atomic E-state index is 11.8. The summed E-state index contributed by atoms with van der Waals surface area (Å²) < 4.78 is 0. The lowest BCUT2D eigenvalue weighted by atomic mass is 9.88. The second kappa shape index (κ2) is 4.18. The number of rotatable bonds is 2. The highest BCUT2D eigenvalue weighted by molar-refractivity contribution is 6.07. The third kappa shape index (κ3) is 1.89. The van der Waals surface area contributed by atoms with E-state index in [9.17, 15) is 9.59 Å². The van der Waals surface area contributed by atoms with Gasteiger partial charge in [-0.2, -0.15) is 0 Å². The maximum atomic E-state index is 11.8. The lowest BCUT2D eigenvalue weighted by Crippen LogP contribution is -2.19. The quantitative estimate of drug-likeness (QED) is 0.678. The molecule has 17 heavy (non-hydrogen) atoms. The number of carbonyl (C=O) groups excluding carboxylic acids is 2. The van der Waals surface area contributed by atoms with Gasteiger partial charge in [0.1, 0.15) is 5.78 Å². The summed E-state index contributed by atoms with van der Waals surface area (Å²) in [5.41, 5.74) is 6.46. The molecular formula is C15H14O2. The number of fused-ring (bicyclic) bond motifs is 1. The lowest BCUT2D eigenvalue weighted by Gasteiger charge is -2.10. The van der Waals surface area contributed by atoms with Gasteiger partial charge >= 0.3 is 0 Å². The first kappa shape index (κ1) is 11.6. The van der Waals surface area contributed by atoms with Crippen LogP contribution in [0.4, 0.5) is 0 Å². The van der Waals surface area contributed by atoms with Crippen molar-refractivity contribution in [3.63, 3.8) is 0 Å². The SMILES string of the molecule is CC(=O)C1=C=C=CC/C=C\C=C2CC12C(C)=O. The van der Waals surface area contributed by atoms with E-state index in [2.05, 4.69) is 11.5 Å². The van der Waals surface area contributed by atoms with Crippen molar-refractivity contribution in [2.24, 2.45) is 5.41 Å². The van der Waals surface area contributed by atoms with Crippen LogP contribution in [0.25, 0.3) is 0 Å². The molecular weight excluding hydrogens is 212 g/mol. The Kier molecular flexibility index (Phi) is 2.85. The van der Waals surface area contributed by atoms with Crippen LogP contribution in [0.5, 0.6) is 0 Å². The molecule has 1 fully saturated rings. The number of Topliss-reactive ketones (excluding diaryl/α,β-unsaturated/α-hetero) is 2. The van der Waals surface area contributed by atoms with Crippen LogP contribution in [0.15, 0.2) is 46.9 Å². The van der Waals surface area contributed by atoms with Crippen molar-refractivity contribution in [1.29, 1.82) is 0 Å². The van der Waals surface area contributed by atoms with Crippen molar-refractivity contribution >= 4 is 11.6 Å². The first-order chi connectivity index (χ1) is 8.09. The van der Waals surface area contributed by atoms with Gasteiger partial charge in [0.2, 0.25) is 0 Å². The Morgan fingerprint density at radius 3 is 2.76 bits per heavy atom. The normalized spacial score (nSPS) is 27.6. The van der Waals surface area contributed by atoms with Gasteiger partial charge in [0, 0.05) is 0 Å². The molecule has 1 saturated carbocycles. The Hall–Kier alpha value is -1.88. The van der Waals surface area contributed by atoms with Crippen molar-refractivity contribution in [1.82, 2.24) is 0 Å². The van der Waals surface area contributed by atoms with Gasteiger partial charge in [0.15, 0.2) is 5.78 Å². The van der Waals surface area contributed by atoms with Gasteiger partial charge < -0.3 is 0 Å². The first-order valence-corrected chi connectivity index (χ1v) is 5.68. The van der Waals surface area contributed by atoms with Gasteiger partial charge in [-0.05, 0) is 38.3 Å². The van der Waals surface area contributed by atoms with Crippen LogP contribution in [0, 0.1) is 5.41 Å². The highest BCUT2D eigenvalue weighted by atomic mass is 16.1. The summed E-state index contributed by atoms with van der Waals surface area (Å²) in [6, 6.07) is 0. The molecule has 1 atom stereocenters. The van der Waals surface area contributed by atoms with Crippen molar-refractivity contribution in [3.05, 3.63) is 46.9 Å². The summed E-state index contributed by atoms with van der Waals surface area (Å²) in [6.07, 6.45) is 9.05. The molecule has 0 aromatic carbocycles. The van der Waals surface area contributed by atoms with E-state index >= 15 is 0 Å². The molecule has 2 nitrogen and oxygen atoms in total. The van der Waals surface area contributed by atoms with E-state index in [0.29, 0.717) is 12.0 Å². The fourth-order valence-corrected chi connectivity index (χ4v) is 2.23. The highest BCUT2D eigenvalue weighted by Gasteiger charge is 2.57. The Morgan fingerprint density at radius 1 is 1.35 bits per heavy atom. The second-order valence-electron chi connectivity index (χ2n) is 4.40. The number of hydrogen-bond acceptors (Lipinski definition) is 2. The molecule has 1 unspecified atom stereocenters. The van der Waals surface area contributed by atoms with Crippen LogP contribution >= 0.6 is 0 Å². The van der Waals surface area contributed by atoms with E-state index < -0.39 is 5.41 Å². The standard InChI is InChI=1S/C15H14O2/c1-11(16)14-9-7-5-3-4-6-8-13-10-15(13,14)12(2)17/h4-6,8H,3,10H2,1-2H3/b6-4-,13-8?,14-5?. The monoisotopic (exact) mass is 226 g/mol. The molecule has 2 aliphatic rings. The number of allylic oxidation sites excluding steroid dienone is 6. The summed E-state index contributed by atoms with van der Waals surface area (Å²) in [7, 11) is 0. The maximum Gasteiger partial charge on any atom is 0.165 e. The van der Waals surface area contributed by atoms with Crippen LogP contribution in [0.3, 0.4) is 0 Å². The third-order valence-corrected chi connectivity index (χ3v) is 3.25. The second-order valence-corrected chi connectivity index (χ2v) is 4.40. The van der Waals surface area contributed by atoms with E-state index in [4.69, 9.17) is 0 Å². The van der Waals surface area contributed by atoms with Crippen LogP contribution < -0.4 is 0 Å². The minimum absolute atomic E-state index is 0.0113. The van der Waals surface area contributed by atoms with Crippen LogP contribution in [0.2, 0.25) is 0 Å². The number of ketones is 2. The molecule has 2 heteroatoms. The van der Waals surface area contributed by atoms with Gasteiger partial charge in [0.05, 0.1) is 11.0 Å². The summed E-state index contributed by atoms with van der Waals surface area (Å²) in [4.78, 5) is 23.5. The molecule has 0 spiro atoms. The van der Waals surface area contributed by atoms with E-state index in [1.807, 2.05) is 18.2 Å². The van der Waals surface area contributed by atoms with E-state index in [-0.39, 0.29) is 11.6 Å². The van der Waals surface area contributed by atoms with Gasteiger partial charge in [-0.1, -0.05) is 29.7 Å². The number of hydrogen-bond donors (Lipinski definition) is 0. The van der Waals surface area contributed by atoms with Gasteiger partial charge in [-0.3, -0.25) is 9.59 Å². The average molecular weight is 226 g/mol. The largest absolute Gasteiger partial charge is 0.299 e. The zero-order valence-corrected chi connectivity index (χ0v) is 10.0. The van der Waals surface area contributed by atoms with Gasteiger partial charge in [0.25, 0.3) is 0 Å². The first-order valence-electron chi connectivity index (χ1n) is 5.68. The molecule has 0 radical (unpaired) electrons. The fourth-order valence-electron chi connectivity index (χ4n) is 2.23. The van der Waals surface area contributed by atoms with E-state index in [1.165, 1.54) is 13.8 Å². The van der Waals surface area contributed by atoms with Gasteiger partial charge in [-0.25, -0.2) is 0 Å². The minimum Gasteiger partial charge on any atom is -0.299 e. The summed E-state index contributed by atoms with van der Waals surface area (Å²) in [5, 5.41) is 0. The molecule has 0 aromatic heterocycles. The minimum atomic E-state index is -0.714. The van der Waals surface area contributed by atoms with Crippen LogP contribution in [-0.2, 0) is 9.59 Å². The number of carbonyl (C=O) groups is 2. The fraction of sp³-hybridized carbons (Fsp3) is 0.333.